The van der Waals surface area contributed by atoms with Crippen LogP contribution in [0.25, 0.3) is 0 Å². The number of carbonyl (C=O) groups excluding carboxylic acids is 1. The molecule has 4 heteroatoms. The first kappa shape index (κ1) is 11.9. The summed E-state index contributed by atoms with van der Waals surface area (Å²) in [4.78, 5) is 11.3. The lowest BCUT2D eigenvalue weighted by Gasteiger charge is -2.19. The molecule has 0 unspecified atom stereocenters. The molecule has 0 aliphatic heterocycles. The highest BCUT2D eigenvalue weighted by Gasteiger charge is 2.18. The highest BCUT2D eigenvalue weighted by atomic mass is 16.6. The summed E-state index contributed by atoms with van der Waals surface area (Å²) < 4.78 is 5.10. The maximum absolute atomic E-state index is 11.3. The van der Waals surface area contributed by atoms with Gasteiger partial charge in [-0.05, 0) is 27.7 Å². The molecule has 4 nitrogen and oxygen atoms in total. The quantitative estimate of drug-likeness (QED) is 0.370. The third-order valence-electron chi connectivity index (χ3n) is 1.04. The van der Waals surface area contributed by atoms with Crippen molar-refractivity contribution >= 4 is 11.7 Å². The second-order valence-electron chi connectivity index (χ2n) is 4.03. The number of rotatable bonds is 2. The van der Waals surface area contributed by atoms with Crippen molar-refractivity contribution in [2.24, 2.45) is 5.10 Å². The van der Waals surface area contributed by atoms with Crippen LogP contribution in [-0.4, -0.2) is 36.4 Å². The summed E-state index contributed by atoms with van der Waals surface area (Å²) in [6.45, 7) is 7.11. The Morgan fingerprint density at radius 3 is 2.08 bits per heavy atom. The van der Waals surface area contributed by atoms with Gasteiger partial charge < -0.3 is 9.75 Å². The zero-order valence-corrected chi connectivity index (χ0v) is 9.21. The predicted molar refractivity (Wildman–Crippen MR) is 52.6 cm³/mol. The zero-order chi connectivity index (χ0) is 10.6. The van der Waals surface area contributed by atoms with E-state index in [1.54, 1.807) is 26.0 Å². The summed E-state index contributed by atoms with van der Waals surface area (Å²) >= 11 is 0. The fourth-order valence-electron chi connectivity index (χ4n) is 0.693. The Morgan fingerprint density at radius 1 is 1.31 bits per heavy atom. The summed E-state index contributed by atoms with van der Waals surface area (Å²) in [6.07, 6.45) is 0. The number of nitrogens with zero attached hydrogens (tertiary/aromatic N) is 2. The van der Waals surface area contributed by atoms with Gasteiger partial charge in [0.05, 0.1) is 0 Å². The van der Waals surface area contributed by atoms with Crippen LogP contribution in [0.4, 0.5) is 0 Å². The molecule has 0 heterocycles. The molecule has 0 aliphatic carbocycles. The minimum Gasteiger partial charge on any atom is -0.455 e. The Labute approximate surface area is 79.6 Å². The first-order valence-corrected chi connectivity index (χ1v) is 4.18. The van der Waals surface area contributed by atoms with E-state index in [1.165, 1.54) is 0 Å². The van der Waals surface area contributed by atoms with Crippen molar-refractivity contribution in [2.75, 3.05) is 14.1 Å². The minimum absolute atomic E-state index is 0.361. The van der Waals surface area contributed by atoms with Crippen molar-refractivity contribution < 1.29 is 9.53 Å². The Bertz CT molecular complexity index is 214. The Hall–Kier alpha value is -1.06. The van der Waals surface area contributed by atoms with Gasteiger partial charge in [-0.3, -0.25) is 0 Å². The van der Waals surface area contributed by atoms with Crippen LogP contribution in [-0.2, 0) is 9.53 Å². The predicted octanol–water partition coefficient (Wildman–Crippen LogP) is 1.27. The SMILES string of the molecule is CC(=NN(C)C)C(=O)OC(C)(C)C. The number of ether oxygens (including phenoxy) is 1. The van der Waals surface area contributed by atoms with E-state index in [0.29, 0.717) is 5.71 Å². The molecule has 76 valence electrons. The van der Waals surface area contributed by atoms with Crippen LogP contribution >= 0.6 is 0 Å². The van der Waals surface area contributed by atoms with Gasteiger partial charge in [-0.15, -0.1) is 0 Å². The standard InChI is InChI=1S/C9H18N2O2/c1-7(10-11(5)6)8(12)13-9(2,3)4/h1-6H3. The molecular weight excluding hydrogens is 168 g/mol. The van der Waals surface area contributed by atoms with Gasteiger partial charge in [0, 0.05) is 14.1 Å². The van der Waals surface area contributed by atoms with Gasteiger partial charge in [-0.1, -0.05) is 0 Å². The van der Waals surface area contributed by atoms with Gasteiger partial charge in [-0.25, -0.2) is 4.79 Å². The first-order valence-electron chi connectivity index (χ1n) is 4.18. The van der Waals surface area contributed by atoms with Crippen molar-refractivity contribution in [1.82, 2.24) is 5.01 Å². The van der Waals surface area contributed by atoms with E-state index in [0.717, 1.165) is 0 Å². The average molecular weight is 186 g/mol. The number of hydrogen-bond donors (Lipinski definition) is 0. The second-order valence-corrected chi connectivity index (χ2v) is 4.03. The summed E-state index contributed by atoms with van der Waals surface area (Å²) in [7, 11) is 3.52. The average Bonchev–Trinajstić information content (AvgIpc) is 1.81. The Kier molecular flexibility index (Phi) is 3.91. The van der Waals surface area contributed by atoms with Gasteiger partial charge in [0.15, 0.2) is 0 Å². The summed E-state index contributed by atoms with van der Waals surface area (Å²) in [5.41, 5.74) is -0.0971. The maximum atomic E-state index is 11.3. The third kappa shape index (κ3) is 6.13. The lowest BCUT2D eigenvalue weighted by Crippen LogP contribution is -2.28. The molecule has 0 atom stereocenters. The van der Waals surface area contributed by atoms with E-state index < -0.39 is 5.60 Å². The van der Waals surface area contributed by atoms with Crippen molar-refractivity contribution in [3.8, 4) is 0 Å². The fraction of sp³-hybridized carbons (Fsp3) is 0.778. The molecule has 0 amide bonds. The van der Waals surface area contributed by atoms with Crippen LogP contribution < -0.4 is 0 Å². The van der Waals surface area contributed by atoms with E-state index in [9.17, 15) is 4.79 Å². The molecule has 0 saturated carbocycles. The molecule has 0 saturated heterocycles. The van der Waals surface area contributed by atoms with Gasteiger partial charge in [0.1, 0.15) is 11.3 Å². The third-order valence-corrected chi connectivity index (χ3v) is 1.04. The molecule has 0 N–H and O–H groups in total. The maximum Gasteiger partial charge on any atom is 0.354 e. The molecule has 0 bridgehead atoms. The van der Waals surface area contributed by atoms with Crippen molar-refractivity contribution in [1.29, 1.82) is 0 Å². The molecule has 0 aliphatic rings. The number of esters is 1. The van der Waals surface area contributed by atoms with E-state index in [-0.39, 0.29) is 5.97 Å². The molecule has 0 rings (SSSR count). The molecule has 0 aromatic heterocycles. The van der Waals surface area contributed by atoms with Gasteiger partial charge >= 0.3 is 5.97 Å². The monoisotopic (exact) mass is 186 g/mol. The van der Waals surface area contributed by atoms with Crippen LogP contribution in [0.15, 0.2) is 5.10 Å². The molecule has 0 aromatic rings. The number of hydrogen-bond acceptors (Lipinski definition) is 4. The Balaban J connectivity index is 4.29. The topological polar surface area (TPSA) is 41.9 Å². The van der Waals surface area contributed by atoms with Crippen molar-refractivity contribution in [2.45, 2.75) is 33.3 Å². The van der Waals surface area contributed by atoms with Gasteiger partial charge in [0.25, 0.3) is 0 Å². The number of carbonyl (C=O) groups is 1. The van der Waals surface area contributed by atoms with Crippen LogP contribution in [0, 0.1) is 0 Å². The molecule has 0 spiro atoms. The van der Waals surface area contributed by atoms with Crippen LogP contribution in [0.5, 0.6) is 0 Å². The molecule has 0 fully saturated rings. The number of hydrazone groups is 1. The normalized spacial score (nSPS) is 12.6. The first-order chi connectivity index (χ1) is 5.72. The summed E-state index contributed by atoms with van der Waals surface area (Å²) in [5.74, 6) is -0.374. The van der Waals surface area contributed by atoms with E-state index in [1.807, 2.05) is 20.8 Å². The van der Waals surface area contributed by atoms with Crippen LogP contribution in [0.1, 0.15) is 27.7 Å². The summed E-state index contributed by atoms with van der Waals surface area (Å²) in [5, 5.41) is 5.51. The van der Waals surface area contributed by atoms with E-state index in [4.69, 9.17) is 4.74 Å². The van der Waals surface area contributed by atoms with E-state index in [2.05, 4.69) is 5.10 Å². The lowest BCUT2D eigenvalue weighted by atomic mass is 10.2. The largest absolute Gasteiger partial charge is 0.455 e. The van der Waals surface area contributed by atoms with Crippen LogP contribution in [0.3, 0.4) is 0 Å². The van der Waals surface area contributed by atoms with E-state index >= 15 is 0 Å². The van der Waals surface area contributed by atoms with Gasteiger partial charge in [-0.2, -0.15) is 5.10 Å². The lowest BCUT2D eigenvalue weighted by molar-refractivity contribution is -0.146. The van der Waals surface area contributed by atoms with Crippen LogP contribution in [0.2, 0.25) is 0 Å². The smallest absolute Gasteiger partial charge is 0.354 e. The fourth-order valence-corrected chi connectivity index (χ4v) is 0.693. The van der Waals surface area contributed by atoms with Crippen molar-refractivity contribution in [3.63, 3.8) is 0 Å². The second kappa shape index (κ2) is 4.25. The molecule has 13 heavy (non-hydrogen) atoms. The van der Waals surface area contributed by atoms with Gasteiger partial charge in [0.2, 0.25) is 0 Å². The van der Waals surface area contributed by atoms with Crippen molar-refractivity contribution in [3.05, 3.63) is 0 Å². The highest BCUT2D eigenvalue weighted by Crippen LogP contribution is 2.07. The Morgan fingerprint density at radius 2 is 1.77 bits per heavy atom. The highest BCUT2D eigenvalue weighted by molar-refractivity contribution is 6.35. The molecular formula is C9H18N2O2. The molecule has 0 aromatic carbocycles. The molecule has 0 radical (unpaired) electrons. The summed E-state index contributed by atoms with van der Waals surface area (Å²) in [6, 6.07) is 0. The minimum atomic E-state index is -0.458. The zero-order valence-electron chi connectivity index (χ0n) is 9.21.